The largest absolute Gasteiger partial charge is 0.396 e. The van der Waals surface area contributed by atoms with Crippen LogP contribution >= 0.6 is 0 Å². The Bertz CT molecular complexity index is 412. The quantitative estimate of drug-likeness (QED) is 0.753. The maximum Gasteiger partial charge on any atom is 0.123 e. The summed E-state index contributed by atoms with van der Waals surface area (Å²) >= 11 is 0. The summed E-state index contributed by atoms with van der Waals surface area (Å²) in [5.41, 5.74) is 1.21. The van der Waals surface area contributed by atoms with E-state index in [1.807, 2.05) is 12.1 Å². The molecule has 2 nitrogen and oxygen atoms in total. The molecular weight excluding hydrogens is 265 g/mol. The smallest absolute Gasteiger partial charge is 0.123 e. The Morgan fingerprint density at radius 3 is 2.48 bits per heavy atom. The number of halogens is 1. The normalized spacial score (nSPS) is 18.8. The lowest BCUT2D eigenvalue weighted by molar-refractivity contribution is 0.124. The van der Waals surface area contributed by atoms with Crippen molar-refractivity contribution in [2.45, 2.75) is 57.9 Å². The van der Waals surface area contributed by atoms with Gasteiger partial charge in [-0.25, -0.2) is 4.39 Å². The lowest BCUT2D eigenvalue weighted by atomic mass is 9.86. The summed E-state index contributed by atoms with van der Waals surface area (Å²) in [5.74, 6) is -0.185. The molecule has 0 spiro atoms. The minimum Gasteiger partial charge on any atom is -0.396 e. The fraction of sp³-hybridized carbons (Fsp3) is 0.667. The van der Waals surface area contributed by atoms with E-state index in [1.54, 1.807) is 0 Å². The van der Waals surface area contributed by atoms with Crippen LogP contribution in [-0.4, -0.2) is 18.3 Å². The molecule has 1 aromatic carbocycles. The Labute approximate surface area is 127 Å². The highest BCUT2D eigenvalue weighted by molar-refractivity contribution is 5.20. The van der Waals surface area contributed by atoms with Gasteiger partial charge in [-0.05, 0) is 37.0 Å². The summed E-state index contributed by atoms with van der Waals surface area (Å²) in [6.07, 6.45) is 8.03. The molecule has 0 radical (unpaired) electrons. The molecule has 0 aromatic heterocycles. The molecule has 0 bridgehead atoms. The van der Waals surface area contributed by atoms with Crippen molar-refractivity contribution in [3.63, 3.8) is 0 Å². The second-order valence-corrected chi connectivity index (χ2v) is 6.49. The highest BCUT2D eigenvalue weighted by atomic mass is 19.1. The summed E-state index contributed by atoms with van der Waals surface area (Å²) < 4.78 is 13.1. The van der Waals surface area contributed by atoms with Gasteiger partial charge in [-0.1, -0.05) is 44.7 Å². The van der Waals surface area contributed by atoms with E-state index in [1.165, 1.54) is 25.0 Å². The first-order valence-corrected chi connectivity index (χ1v) is 8.29. The molecule has 0 saturated heterocycles. The number of hydrogen-bond acceptors (Lipinski definition) is 2. The molecule has 0 amide bonds. The topological polar surface area (TPSA) is 32.3 Å². The van der Waals surface area contributed by atoms with Crippen LogP contribution in [0.2, 0.25) is 0 Å². The lowest BCUT2D eigenvalue weighted by Crippen LogP contribution is -2.37. The highest BCUT2D eigenvalue weighted by Gasteiger charge is 2.33. The first kappa shape index (κ1) is 16.4. The fourth-order valence-corrected chi connectivity index (χ4v) is 3.35. The number of benzene rings is 1. The zero-order chi connectivity index (χ0) is 15.1. The maximum absolute atomic E-state index is 13.1. The van der Waals surface area contributed by atoms with Gasteiger partial charge in [0.2, 0.25) is 0 Å². The number of rotatable bonds is 8. The van der Waals surface area contributed by atoms with E-state index in [4.69, 9.17) is 0 Å². The van der Waals surface area contributed by atoms with Crippen molar-refractivity contribution in [1.29, 1.82) is 0 Å². The van der Waals surface area contributed by atoms with Gasteiger partial charge in [-0.2, -0.15) is 0 Å². The predicted octanol–water partition coefficient (Wildman–Crippen LogP) is 4.20. The van der Waals surface area contributed by atoms with Crippen molar-refractivity contribution in [2.75, 3.05) is 13.2 Å². The predicted molar refractivity (Wildman–Crippen MR) is 84.7 cm³/mol. The maximum atomic E-state index is 13.1. The Morgan fingerprint density at radius 2 is 1.90 bits per heavy atom. The molecule has 1 aliphatic rings. The summed E-state index contributed by atoms with van der Waals surface area (Å²) in [5, 5.41) is 13.4. The van der Waals surface area contributed by atoms with Gasteiger partial charge in [-0.15, -0.1) is 0 Å². The molecule has 1 fully saturated rings. The summed E-state index contributed by atoms with van der Waals surface area (Å²) in [4.78, 5) is 0. The summed E-state index contributed by atoms with van der Waals surface area (Å²) in [7, 11) is 0. The standard InChI is InChI=1S/C18H28FNO/c1-2-3-6-17(15-7-9-16(19)10-8-15)20-13-18(14-21)11-4-5-12-18/h7-10,17,20-21H,2-6,11-14H2,1H3. The van der Waals surface area contributed by atoms with Crippen molar-refractivity contribution < 1.29 is 9.50 Å². The van der Waals surface area contributed by atoms with Crippen LogP contribution in [0.3, 0.4) is 0 Å². The SMILES string of the molecule is CCCCC(NCC1(CO)CCCC1)c1ccc(F)cc1. The highest BCUT2D eigenvalue weighted by Crippen LogP contribution is 2.37. The van der Waals surface area contributed by atoms with E-state index in [0.29, 0.717) is 0 Å². The van der Waals surface area contributed by atoms with Crippen LogP contribution in [-0.2, 0) is 0 Å². The molecular formula is C18H28FNO. The minimum atomic E-state index is -0.185. The first-order valence-electron chi connectivity index (χ1n) is 8.29. The van der Waals surface area contributed by atoms with Crippen LogP contribution in [0.15, 0.2) is 24.3 Å². The monoisotopic (exact) mass is 293 g/mol. The van der Waals surface area contributed by atoms with Crippen molar-refractivity contribution in [2.24, 2.45) is 5.41 Å². The van der Waals surface area contributed by atoms with Crippen LogP contribution in [0.25, 0.3) is 0 Å². The van der Waals surface area contributed by atoms with Crippen molar-refractivity contribution in [1.82, 2.24) is 5.32 Å². The minimum absolute atomic E-state index is 0.0600. The lowest BCUT2D eigenvalue weighted by Gasteiger charge is -2.30. The van der Waals surface area contributed by atoms with Gasteiger partial charge < -0.3 is 10.4 Å². The van der Waals surface area contributed by atoms with E-state index in [9.17, 15) is 9.50 Å². The number of aliphatic hydroxyl groups excluding tert-OH is 1. The van der Waals surface area contributed by atoms with Gasteiger partial charge in [0.05, 0.1) is 0 Å². The molecule has 21 heavy (non-hydrogen) atoms. The second kappa shape index (κ2) is 7.90. The molecule has 1 atom stereocenters. The average molecular weight is 293 g/mol. The fourth-order valence-electron chi connectivity index (χ4n) is 3.35. The van der Waals surface area contributed by atoms with Crippen molar-refractivity contribution in [3.8, 4) is 0 Å². The molecule has 118 valence electrons. The third-order valence-corrected chi connectivity index (χ3v) is 4.84. The number of aliphatic hydroxyl groups is 1. The molecule has 0 aliphatic heterocycles. The molecule has 1 unspecified atom stereocenters. The zero-order valence-electron chi connectivity index (χ0n) is 13.1. The number of unbranched alkanes of at least 4 members (excludes halogenated alkanes) is 1. The van der Waals surface area contributed by atoms with E-state index < -0.39 is 0 Å². The summed E-state index contributed by atoms with van der Waals surface area (Å²) in [6, 6.07) is 7.08. The zero-order valence-corrected chi connectivity index (χ0v) is 13.1. The molecule has 1 aromatic rings. The van der Waals surface area contributed by atoms with Crippen LogP contribution in [0, 0.1) is 11.2 Å². The Kier molecular flexibility index (Phi) is 6.19. The molecule has 1 aliphatic carbocycles. The van der Waals surface area contributed by atoms with Crippen LogP contribution in [0.5, 0.6) is 0 Å². The van der Waals surface area contributed by atoms with Crippen LogP contribution in [0.1, 0.15) is 63.5 Å². The van der Waals surface area contributed by atoms with Gasteiger partial charge in [0, 0.05) is 24.6 Å². The van der Waals surface area contributed by atoms with Gasteiger partial charge in [0.25, 0.3) is 0 Å². The van der Waals surface area contributed by atoms with Crippen LogP contribution in [0.4, 0.5) is 4.39 Å². The Morgan fingerprint density at radius 1 is 1.24 bits per heavy atom. The van der Waals surface area contributed by atoms with E-state index in [2.05, 4.69) is 12.2 Å². The number of hydrogen-bond donors (Lipinski definition) is 2. The van der Waals surface area contributed by atoms with Crippen molar-refractivity contribution in [3.05, 3.63) is 35.6 Å². The molecule has 1 saturated carbocycles. The van der Waals surface area contributed by atoms with E-state index in [0.717, 1.165) is 44.2 Å². The third kappa shape index (κ3) is 4.52. The average Bonchev–Trinajstić information content (AvgIpc) is 2.98. The van der Waals surface area contributed by atoms with E-state index >= 15 is 0 Å². The Balaban J connectivity index is 2.00. The van der Waals surface area contributed by atoms with Gasteiger partial charge in [0.1, 0.15) is 5.82 Å². The molecule has 3 heteroatoms. The van der Waals surface area contributed by atoms with Gasteiger partial charge >= 0.3 is 0 Å². The van der Waals surface area contributed by atoms with E-state index in [-0.39, 0.29) is 23.9 Å². The van der Waals surface area contributed by atoms with Gasteiger partial charge in [-0.3, -0.25) is 0 Å². The van der Waals surface area contributed by atoms with Gasteiger partial charge in [0.15, 0.2) is 0 Å². The number of nitrogens with one attached hydrogen (secondary N) is 1. The third-order valence-electron chi connectivity index (χ3n) is 4.84. The summed E-state index contributed by atoms with van der Waals surface area (Å²) in [6.45, 7) is 3.31. The Hall–Kier alpha value is -0.930. The molecule has 0 heterocycles. The molecule has 2 N–H and O–H groups in total. The second-order valence-electron chi connectivity index (χ2n) is 6.49. The molecule has 2 rings (SSSR count). The van der Waals surface area contributed by atoms with Crippen LogP contribution < -0.4 is 5.32 Å². The first-order chi connectivity index (χ1) is 10.2. The van der Waals surface area contributed by atoms with Crippen molar-refractivity contribution >= 4 is 0 Å².